The zero-order valence-electron chi connectivity index (χ0n) is 13.7. The highest BCUT2D eigenvalue weighted by molar-refractivity contribution is 7.90. The number of nitrogens with zero attached hydrogens (tertiary/aromatic N) is 3. The number of carbonyl (C=O) groups is 2. The Bertz CT molecular complexity index is 962. The van der Waals surface area contributed by atoms with Crippen LogP contribution in [0.3, 0.4) is 0 Å². The number of amides is 1. The molecule has 0 fully saturated rings. The van der Waals surface area contributed by atoms with Crippen molar-refractivity contribution in [2.24, 2.45) is 5.14 Å². The van der Waals surface area contributed by atoms with Crippen molar-refractivity contribution in [3.63, 3.8) is 0 Å². The summed E-state index contributed by atoms with van der Waals surface area (Å²) in [6.07, 6.45) is 0. The molecule has 1 aromatic carbocycles. The van der Waals surface area contributed by atoms with Gasteiger partial charge in [0.1, 0.15) is 5.82 Å². The monoisotopic (exact) mass is 381 g/mol. The van der Waals surface area contributed by atoms with E-state index in [2.05, 4.69) is 20.3 Å². The number of aryl methyl sites for hydroxylation is 1. The van der Waals surface area contributed by atoms with Crippen molar-refractivity contribution in [1.82, 2.24) is 15.0 Å². The number of carboxylic acids is 1. The second-order valence-electron chi connectivity index (χ2n) is 5.04. The van der Waals surface area contributed by atoms with Crippen LogP contribution in [0.1, 0.15) is 27.0 Å². The summed E-state index contributed by atoms with van der Waals surface area (Å²) in [5.41, 5.74) is -0.649. The van der Waals surface area contributed by atoms with Crippen LogP contribution < -0.4 is 15.2 Å². The second-order valence-corrected chi connectivity index (χ2v) is 6.69. The zero-order chi connectivity index (χ0) is 19.5. The van der Waals surface area contributed by atoms with Gasteiger partial charge < -0.3 is 9.84 Å². The Hall–Kier alpha value is -3.12. The maximum atomic E-state index is 12.5. The van der Waals surface area contributed by atoms with Gasteiger partial charge >= 0.3 is 12.0 Å². The van der Waals surface area contributed by atoms with E-state index in [1.165, 1.54) is 38.3 Å². The van der Waals surface area contributed by atoms with Crippen LogP contribution in [0.5, 0.6) is 6.01 Å². The van der Waals surface area contributed by atoms with Crippen LogP contribution in [0, 0.1) is 6.92 Å². The number of primary sulfonamides is 1. The van der Waals surface area contributed by atoms with E-state index in [9.17, 15) is 23.1 Å². The number of methoxy groups -OCH3 is 1. The number of ether oxygens (including phenoxy) is 1. The molecule has 1 unspecified atom stereocenters. The quantitative estimate of drug-likeness (QED) is 0.614. The first-order valence-electron chi connectivity index (χ1n) is 7.05. The Kier molecular flexibility index (Phi) is 5.47. The zero-order valence-corrected chi connectivity index (χ0v) is 14.5. The number of anilines is 1. The fraction of sp³-hybridized carbons (Fsp3) is 0.214. The number of nitrogens with one attached hydrogen (secondary N) is 1. The van der Waals surface area contributed by atoms with Gasteiger partial charge in [-0.3, -0.25) is 10.1 Å². The molecule has 138 valence electrons. The predicted molar refractivity (Wildman–Crippen MR) is 89.0 cm³/mol. The predicted octanol–water partition coefficient (Wildman–Crippen LogP) is -0.145. The van der Waals surface area contributed by atoms with E-state index in [0.29, 0.717) is 0 Å². The molecule has 0 aliphatic carbocycles. The van der Waals surface area contributed by atoms with Gasteiger partial charge in [-0.25, -0.2) is 18.4 Å². The third-order valence-electron chi connectivity index (χ3n) is 3.18. The standard InChI is InChI=1S/C14H15N5O6S/c1-7-16-13(19-14(17-7)25-2)18-11(20)10(26(15,23)24)8-5-3-4-6-9(8)12(21)22/h3-6,10H,1-2H3,(H,21,22)(H2,15,23,24)(H,16,17,18,19,20). The maximum absolute atomic E-state index is 12.5. The molecule has 1 amide bonds. The van der Waals surface area contributed by atoms with Crippen molar-refractivity contribution in [1.29, 1.82) is 0 Å². The highest BCUT2D eigenvalue weighted by atomic mass is 32.2. The molecule has 0 aliphatic heterocycles. The van der Waals surface area contributed by atoms with Gasteiger partial charge in [0.2, 0.25) is 16.0 Å². The second kappa shape index (κ2) is 7.41. The maximum Gasteiger partial charge on any atom is 0.336 e. The van der Waals surface area contributed by atoms with Gasteiger partial charge in [0.25, 0.3) is 5.91 Å². The molecule has 0 saturated heterocycles. The summed E-state index contributed by atoms with van der Waals surface area (Å²) in [5, 5.41) is 14.6. The van der Waals surface area contributed by atoms with Gasteiger partial charge in [0.15, 0.2) is 5.25 Å². The van der Waals surface area contributed by atoms with Crippen LogP contribution in [0.4, 0.5) is 5.95 Å². The molecule has 2 aromatic rings. The van der Waals surface area contributed by atoms with Crippen molar-refractivity contribution in [2.45, 2.75) is 12.2 Å². The van der Waals surface area contributed by atoms with Crippen molar-refractivity contribution in [3.05, 3.63) is 41.2 Å². The summed E-state index contributed by atoms with van der Waals surface area (Å²) in [5.74, 6) is -2.57. The topological polar surface area (TPSA) is 174 Å². The Morgan fingerprint density at radius 3 is 2.46 bits per heavy atom. The lowest BCUT2D eigenvalue weighted by Gasteiger charge is -2.16. The van der Waals surface area contributed by atoms with Gasteiger partial charge in [-0.2, -0.15) is 15.0 Å². The molecule has 0 spiro atoms. The number of aromatic carboxylic acids is 1. The summed E-state index contributed by atoms with van der Waals surface area (Å²) in [6.45, 7) is 1.51. The van der Waals surface area contributed by atoms with Crippen molar-refractivity contribution in [3.8, 4) is 6.01 Å². The van der Waals surface area contributed by atoms with Gasteiger partial charge in [0.05, 0.1) is 12.7 Å². The number of nitrogens with two attached hydrogens (primary N) is 1. The molecular formula is C14H15N5O6S. The van der Waals surface area contributed by atoms with Crippen LogP contribution in [0.25, 0.3) is 0 Å². The lowest BCUT2D eigenvalue weighted by Crippen LogP contribution is -2.34. The molecule has 11 nitrogen and oxygen atoms in total. The van der Waals surface area contributed by atoms with Crippen molar-refractivity contribution < 1.29 is 27.9 Å². The Labute approximate surface area is 148 Å². The number of carboxylic acid groups (broad SMARTS) is 1. The molecule has 12 heteroatoms. The summed E-state index contributed by atoms with van der Waals surface area (Å²) in [6, 6.07) is 5.05. The molecule has 1 heterocycles. The van der Waals surface area contributed by atoms with E-state index in [1.54, 1.807) is 0 Å². The SMILES string of the molecule is COc1nc(C)nc(NC(=O)C(c2ccccc2C(=O)O)S(N)(=O)=O)n1. The Balaban J connectivity index is 2.48. The molecule has 0 saturated carbocycles. The summed E-state index contributed by atoms with van der Waals surface area (Å²) >= 11 is 0. The largest absolute Gasteiger partial charge is 0.478 e. The highest BCUT2D eigenvalue weighted by Gasteiger charge is 2.35. The Morgan fingerprint density at radius 2 is 1.88 bits per heavy atom. The van der Waals surface area contributed by atoms with E-state index < -0.39 is 27.1 Å². The summed E-state index contributed by atoms with van der Waals surface area (Å²) in [4.78, 5) is 35.3. The Morgan fingerprint density at radius 1 is 1.23 bits per heavy atom. The molecule has 4 N–H and O–H groups in total. The molecule has 0 bridgehead atoms. The minimum Gasteiger partial charge on any atom is -0.478 e. The van der Waals surface area contributed by atoms with E-state index in [0.717, 1.165) is 0 Å². The first-order chi connectivity index (χ1) is 12.1. The summed E-state index contributed by atoms with van der Waals surface area (Å²) in [7, 11) is -3.19. The van der Waals surface area contributed by atoms with E-state index in [1.807, 2.05) is 0 Å². The third kappa shape index (κ3) is 4.29. The van der Waals surface area contributed by atoms with Crippen LogP contribution in [0.15, 0.2) is 24.3 Å². The minimum atomic E-state index is -4.50. The molecule has 26 heavy (non-hydrogen) atoms. The average Bonchev–Trinajstić information content (AvgIpc) is 2.53. The summed E-state index contributed by atoms with van der Waals surface area (Å²) < 4.78 is 28.8. The third-order valence-corrected chi connectivity index (χ3v) is 4.31. The lowest BCUT2D eigenvalue weighted by atomic mass is 10.0. The number of aromatic nitrogens is 3. The van der Waals surface area contributed by atoms with Gasteiger partial charge in [0, 0.05) is 0 Å². The molecule has 0 radical (unpaired) electrons. The first-order valence-corrected chi connectivity index (χ1v) is 8.65. The van der Waals surface area contributed by atoms with Crippen LogP contribution in [-0.4, -0.2) is 47.5 Å². The first kappa shape index (κ1) is 19.2. The molecule has 0 aliphatic rings. The average molecular weight is 381 g/mol. The lowest BCUT2D eigenvalue weighted by molar-refractivity contribution is -0.116. The number of carbonyl (C=O) groups excluding carboxylic acids is 1. The van der Waals surface area contributed by atoms with Crippen LogP contribution in [0.2, 0.25) is 0 Å². The smallest absolute Gasteiger partial charge is 0.336 e. The number of benzene rings is 1. The number of hydrogen-bond donors (Lipinski definition) is 3. The van der Waals surface area contributed by atoms with Gasteiger partial charge in [-0.15, -0.1) is 0 Å². The van der Waals surface area contributed by atoms with Crippen molar-refractivity contribution in [2.75, 3.05) is 12.4 Å². The van der Waals surface area contributed by atoms with E-state index in [4.69, 9.17) is 9.88 Å². The number of hydrogen-bond acceptors (Lipinski definition) is 8. The van der Waals surface area contributed by atoms with E-state index in [-0.39, 0.29) is 28.9 Å². The molecule has 1 aromatic heterocycles. The molecular weight excluding hydrogens is 366 g/mol. The van der Waals surface area contributed by atoms with Crippen molar-refractivity contribution >= 4 is 27.8 Å². The highest BCUT2D eigenvalue weighted by Crippen LogP contribution is 2.25. The number of sulfonamides is 1. The fourth-order valence-electron chi connectivity index (χ4n) is 2.17. The fourth-order valence-corrected chi connectivity index (χ4v) is 3.08. The van der Waals surface area contributed by atoms with E-state index >= 15 is 0 Å². The van der Waals surface area contributed by atoms with Crippen LogP contribution >= 0.6 is 0 Å². The number of rotatable bonds is 6. The minimum absolute atomic E-state index is 0.0918. The normalized spacial score (nSPS) is 12.3. The molecule has 1 atom stereocenters. The van der Waals surface area contributed by atoms with Gasteiger partial charge in [-0.05, 0) is 18.6 Å². The van der Waals surface area contributed by atoms with Gasteiger partial charge in [-0.1, -0.05) is 18.2 Å². The molecule has 2 rings (SSSR count). The van der Waals surface area contributed by atoms with Crippen LogP contribution in [-0.2, 0) is 14.8 Å².